The van der Waals surface area contributed by atoms with Crippen LogP contribution < -0.4 is 5.32 Å². The number of nitrogens with one attached hydrogen (secondary N) is 1. The first kappa shape index (κ1) is 12.9. The summed E-state index contributed by atoms with van der Waals surface area (Å²) in [4.78, 5) is 11.6. The van der Waals surface area contributed by atoms with E-state index in [1.54, 1.807) is 6.07 Å². The Bertz CT molecular complexity index is 411. The molecule has 0 spiro atoms. The highest BCUT2D eigenvalue weighted by molar-refractivity contribution is 5.95. The molecule has 2 rings (SSSR count). The van der Waals surface area contributed by atoms with Gasteiger partial charge in [-0.2, -0.15) is 0 Å². The minimum absolute atomic E-state index is 0.168. The van der Waals surface area contributed by atoms with Crippen molar-refractivity contribution >= 4 is 11.7 Å². The molecule has 1 fully saturated rings. The first-order valence-electron chi connectivity index (χ1n) is 6.32. The third-order valence-corrected chi connectivity index (χ3v) is 3.39. The smallest absolute Gasteiger partial charge is 0.339 e. The first-order chi connectivity index (χ1) is 8.70. The van der Waals surface area contributed by atoms with E-state index >= 15 is 0 Å². The Morgan fingerprint density at radius 2 is 1.94 bits per heavy atom. The number of anilines is 1. The summed E-state index contributed by atoms with van der Waals surface area (Å²) < 4.78 is 4.76. The molecule has 1 aromatic carbocycles. The highest BCUT2D eigenvalue weighted by Gasteiger charge is 2.20. The van der Waals surface area contributed by atoms with Gasteiger partial charge in [-0.05, 0) is 37.8 Å². The van der Waals surface area contributed by atoms with Crippen LogP contribution in [-0.2, 0) is 4.74 Å². The zero-order valence-electron chi connectivity index (χ0n) is 10.6. The lowest BCUT2D eigenvalue weighted by Crippen LogP contribution is -2.28. The zero-order chi connectivity index (χ0) is 13.0. The average molecular weight is 249 g/mol. The van der Waals surface area contributed by atoms with Crippen molar-refractivity contribution in [1.29, 1.82) is 0 Å². The molecule has 1 aliphatic carbocycles. The van der Waals surface area contributed by atoms with Crippen LogP contribution in [0, 0.1) is 0 Å². The minimum Gasteiger partial charge on any atom is -0.465 e. The Balaban J connectivity index is 2.07. The summed E-state index contributed by atoms with van der Waals surface area (Å²) in [5.41, 5.74) is 1.37. The van der Waals surface area contributed by atoms with E-state index in [2.05, 4.69) is 5.32 Å². The maximum Gasteiger partial charge on any atom is 0.339 e. The highest BCUT2D eigenvalue weighted by atomic mass is 16.5. The van der Waals surface area contributed by atoms with Crippen LogP contribution >= 0.6 is 0 Å². The molecule has 0 aromatic heterocycles. The van der Waals surface area contributed by atoms with Gasteiger partial charge in [-0.3, -0.25) is 0 Å². The van der Waals surface area contributed by atoms with Gasteiger partial charge in [0.1, 0.15) is 0 Å². The molecule has 0 atom stereocenters. The van der Waals surface area contributed by atoms with Crippen molar-refractivity contribution in [3.8, 4) is 0 Å². The fraction of sp³-hybridized carbons (Fsp3) is 0.500. The Labute approximate surface area is 107 Å². The molecule has 1 aromatic rings. The molecule has 0 radical (unpaired) electrons. The summed E-state index contributed by atoms with van der Waals surface area (Å²) in [7, 11) is 1.38. The van der Waals surface area contributed by atoms with E-state index < -0.39 is 0 Å². The predicted molar refractivity (Wildman–Crippen MR) is 69.7 cm³/mol. The van der Waals surface area contributed by atoms with Crippen LogP contribution in [0.5, 0.6) is 0 Å². The second-order valence-corrected chi connectivity index (χ2v) is 4.69. The number of carbonyl (C=O) groups is 1. The number of ether oxygens (including phenoxy) is 1. The molecule has 18 heavy (non-hydrogen) atoms. The normalized spacial score (nSPS) is 23.4. The van der Waals surface area contributed by atoms with E-state index in [1.165, 1.54) is 7.11 Å². The summed E-state index contributed by atoms with van der Waals surface area (Å²) >= 11 is 0. The summed E-state index contributed by atoms with van der Waals surface area (Å²) in [6, 6.07) is 7.68. The van der Waals surface area contributed by atoms with Gasteiger partial charge in [-0.1, -0.05) is 12.1 Å². The molecule has 2 N–H and O–H groups in total. The highest BCUT2D eigenvalue weighted by Crippen LogP contribution is 2.24. The fourth-order valence-corrected chi connectivity index (χ4v) is 2.34. The molecule has 0 heterocycles. The van der Waals surface area contributed by atoms with E-state index in [1.807, 2.05) is 18.2 Å². The maximum atomic E-state index is 11.6. The first-order valence-corrected chi connectivity index (χ1v) is 6.32. The van der Waals surface area contributed by atoms with Crippen LogP contribution in [0.25, 0.3) is 0 Å². The molecule has 0 unspecified atom stereocenters. The third-order valence-electron chi connectivity index (χ3n) is 3.39. The Hall–Kier alpha value is -1.55. The van der Waals surface area contributed by atoms with Gasteiger partial charge in [0.25, 0.3) is 0 Å². The molecular formula is C14H19NO3. The topological polar surface area (TPSA) is 58.6 Å². The Morgan fingerprint density at radius 3 is 2.61 bits per heavy atom. The van der Waals surface area contributed by atoms with E-state index in [0.717, 1.165) is 31.4 Å². The van der Waals surface area contributed by atoms with Crippen LogP contribution in [0.3, 0.4) is 0 Å². The molecule has 1 aliphatic rings. The molecule has 4 nitrogen and oxygen atoms in total. The van der Waals surface area contributed by atoms with E-state index in [-0.39, 0.29) is 12.1 Å². The van der Waals surface area contributed by atoms with Gasteiger partial charge in [-0.25, -0.2) is 4.79 Å². The Morgan fingerprint density at radius 1 is 1.28 bits per heavy atom. The van der Waals surface area contributed by atoms with Crippen molar-refractivity contribution in [2.24, 2.45) is 0 Å². The largest absolute Gasteiger partial charge is 0.465 e. The van der Waals surface area contributed by atoms with Gasteiger partial charge in [0.15, 0.2) is 0 Å². The van der Waals surface area contributed by atoms with Gasteiger partial charge in [0, 0.05) is 11.7 Å². The number of aliphatic hydroxyl groups is 1. The number of rotatable bonds is 3. The number of hydrogen-bond acceptors (Lipinski definition) is 4. The lowest BCUT2D eigenvalue weighted by molar-refractivity contribution is 0.0601. The third kappa shape index (κ3) is 3.01. The predicted octanol–water partition coefficient (Wildman–Crippen LogP) is 2.19. The standard InChI is InChI=1S/C14H19NO3/c1-18-14(17)12-4-2-3-5-13(12)15-10-6-8-11(16)9-7-10/h2-5,10-11,15-16H,6-9H2,1H3. The van der Waals surface area contributed by atoms with Gasteiger partial charge < -0.3 is 15.2 Å². The summed E-state index contributed by atoms with van der Waals surface area (Å²) in [6.45, 7) is 0. The molecule has 1 saturated carbocycles. The van der Waals surface area contributed by atoms with E-state index in [0.29, 0.717) is 11.6 Å². The average Bonchev–Trinajstić information content (AvgIpc) is 2.41. The monoisotopic (exact) mass is 249 g/mol. The molecule has 0 saturated heterocycles. The van der Waals surface area contributed by atoms with Gasteiger partial charge in [0.2, 0.25) is 0 Å². The lowest BCUT2D eigenvalue weighted by Gasteiger charge is -2.27. The minimum atomic E-state index is -0.325. The van der Waals surface area contributed by atoms with Crippen molar-refractivity contribution < 1.29 is 14.6 Å². The number of benzene rings is 1. The second-order valence-electron chi connectivity index (χ2n) is 4.69. The fourth-order valence-electron chi connectivity index (χ4n) is 2.34. The molecule has 0 bridgehead atoms. The second kappa shape index (κ2) is 5.87. The van der Waals surface area contributed by atoms with Crippen molar-refractivity contribution in [2.45, 2.75) is 37.8 Å². The summed E-state index contributed by atoms with van der Waals surface area (Å²) in [5, 5.41) is 12.8. The van der Waals surface area contributed by atoms with Crippen molar-refractivity contribution in [3.63, 3.8) is 0 Å². The number of aliphatic hydroxyl groups excluding tert-OH is 1. The van der Waals surface area contributed by atoms with Crippen LogP contribution in [0.2, 0.25) is 0 Å². The van der Waals surface area contributed by atoms with Crippen molar-refractivity contribution in [3.05, 3.63) is 29.8 Å². The van der Waals surface area contributed by atoms with Gasteiger partial charge >= 0.3 is 5.97 Å². The Kier molecular flexibility index (Phi) is 4.20. The van der Waals surface area contributed by atoms with Crippen LogP contribution in [0.1, 0.15) is 36.0 Å². The molecule has 98 valence electrons. The quantitative estimate of drug-likeness (QED) is 0.806. The SMILES string of the molecule is COC(=O)c1ccccc1NC1CCC(O)CC1. The lowest BCUT2D eigenvalue weighted by atomic mass is 9.93. The number of carbonyl (C=O) groups excluding carboxylic acids is 1. The molecular weight excluding hydrogens is 230 g/mol. The molecule has 0 amide bonds. The number of methoxy groups -OCH3 is 1. The molecule has 4 heteroatoms. The van der Waals surface area contributed by atoms with E-state index in [9.17, 15) is 9.90 Å². The van der Waals surface area contributed by atoms with Gasteiger partial charge in [-0.15, -0.1) is 0 Å². The zero-order valence-corrected chi connectivity index (χ0v) is 10.6. The number of hydrogen-bond donors (Lipinski definition) is 2. The van der Waals surface area contributed by atoms with E-state index in [4.69, 9.17) is 4.74 Å². The maximum absolute atomic E-state index is 11.6. The van der Waals surface area contributed by atoms with Crippen molar-refractivity contribution in [2.75, 3.05) is 12.4 Å². The van der Waals surface area contributed by atoms with Crippen LogP contribution in [-0.4, -0.2) is 30.3 Å². The summed E-state index contributed by atoms with van der Waals surface area (Å²) in [6.07, 6.45) is 3.32. The van der Waals surface area contributed by atoms with Crippen molar-refractivity contribution in [1.82, 2.24) is 0 Å². The summed E-state index contributed by atoms with van der Waals surface area (Å²) in [5.74, 6) is -0.325. The van der Waals surface area contributed by atoms with Gasteiger partial charge in [0.05, 0.1) is 18.8 Å². The number of esters is 1. The van der Waals surface area contributed by atoms with Crippen LogP contribution in [0.4, 0.5) is 5.69 Å². The number of para-hydroxylation sites is 1. The van der Waals surface area contributed by atoms with Crippen LogP contribution in [0.15, 0.2) is 24.3 Å². The molecule has 0 aliphatic heterocycles.